The molecule has 0 N–H and O–H groups in total. The van der Waals surface area contributed by atoms with E-state index < -0.39 is 21.8 Å². The average Bonchev–Trinajstić information content (AvgIpc) is 2.61. The molecule has 1 fully saturated rings. The molecule has 0 spiro atoms. The fourth-order valence-electron chi connectivity index (χ4n) is 2.72. The van der Waals surface area contributed by atoms with E-state index in [0.717, 1.165) is 18.3 Å². The van der Waals surface area contributed by atoms with Gasteiger partial charge in [-0.05, 0) is 40.2 Å². The Labute approximate surface area is 157 Å². The van der Waals surface area contributed by atoms with Crippen molar-refractivity contribution >= 4 is 31.8 Å². The largest absolute Gasteiger partial charge is 0.416 e. The van der Waals surface area contributed by atoms with E-state index in [1.165, 1.54) is 10.4 Å². The van der Waals surface area contributed by atoms with Gasteiger partial charge in [0.25, 0.3) is 0 Å². The first-order valence-electron chi connectivity index (χ1n) is 7.72. The molecule has 3 rings (SSSR count). The number of sulfonamides is 1. The Balaban J connectivity index is 1.75. The van der Waals surface area contributed by atoms with Crippen molar-refractivity contribution in [2.45, 2.75) is 11.1 Å². The Morgan fingerprint density at radius 2 is 1.69 bits per heavy atom. The molecule has 1 saturated heterocycles. The third-order valence-corrected chi connectivity index (χ3v) is 7.00. The molecule has 1 aliphatic heterocycles. The van der Waals surface area contributed by atoms with Crippen molar-refractivity contribution in [1.82, 2.24) is 9.29 Å². The van der Waals surface area contributed by atoms with E-state index in [0.29, 0.717) is 4.47 Å². The van der Waals surface area contributed by atoms with Crippen LogP contribution in [0, 0.1) is 0 Å². The standard InChI is InChI=1S/C16H15BrF3N3O2S/c17-13-3-1-2-4-14(13)26(24,25)23-9-7-22(8-10-23)15-11-12(5-6-21-15)16(18,19)20/h1-6,11H,7-10H2. The lowest BCUT2D eigenvalue weighted by Gasteiger charge is -2.35. The summed E-state index contributed by atoms with van der Waals surface area (Å²) in [5.74, 6) is 0.192. The van der Waals surface area contributed by atoms with Gasteiger partial charge in [0.2, 0.25) is 10.0 Å². The number of hydrogen-bond donors (Lipinski definition) is 0. The van der Waals surface area contributed by atoms with Crippen molar-refractivity contribution in [2.24, 2.45) is 0 Å². The van der Waals surface area contributed by atoms with E-state index in [2.05, 4.69) is 20.9 Å². The van der Waals surface area contributed by atoms with Crippen molar-refractivity contribution < 1.29 is 21.6 Å². The molecule has 26 heavy (non-hydrogen) atoms. The second-order valence-electron chi connectivity index (χ2n) is 5.72. The van der Waals surface area contributed by atoms with Gasteiger partial charge >= 0.3 is 6.18 Å². The van der Waals surface area contributed by atoms with Gasteiger partial charge in [-0.15, -0.1) is 0 Å². The molecule has 2 aromatic rings. The highest BCUT2D eigenvalue weighted by atomic mass is 79.9. The van der Waals surface area contributed by atoms with Crippen LogP contribution in [0.25, 0.3) is 0 Å². The summed E-state index contributed by atoms with van der Waals surface area (Å²) in [6.45, 7) is 0.860. The third kappa shape index (κ3) is 3.86. The minimum absolute atomic E-state index is 0.168. The fraction of sp³-hybridized carbons (Fsp3) is 0.312. The normalized spacial score (nSPS) is 16.7. The highest BCUT2D eigenvalue weighted by molar-refractivity contribution is 9.10. The Bertz CT molecular complexity index is 898. The number of pyridine rings is 1. The first-order chi connectivity index (χ1) is 12.2. The molecule has 0 saturated carbocycles. The highest BCUT2D eigenvalue weighted by Crippen LogP contribution is 2.31. The van der Waals surface area contributed by atoms with E-state index in [4.69, 9.17) is 0 Å². The molecule has 2 heterocycles. The number of hydrogen-bond acceptors (Lipinski definition) is 4. The summed E-state index contributed by atoms with van der Waals surface area (Å²) in [5.41, 5.74) is -0.772. The lowest BCUT2D eigenvalue weighted by atomic mass is 10.2. The first kappa shape index (κ1) is 19.1. The zero-order valence-corrected chi connectivity index (χ0v) is 15.9. The van der Waals surface area contributed by atoms with Crippen LogP contribution >= 0.6 is 15.9 Å². The summed E-state index contributed by atoms with van der Waals surface area (Å²) >= 11 is 3.24. The molecule has 0 aliphatic carbocycles. The number of rotatable bonds is 3. The van der Waals surface area contributed by atoms with Crippen LogP contribution in [0.3, 0.4) is 0 Å². The SMILES string of the molecule is O=S(=O)(c1ccccc1Br)N1CCN(c2cc(C(F)(F)F)ccn2)CC1. The summed E-state index contributed by atoms with van der Waals surface area (Å²) in [5, 5.41) is 0. The predicted molar refractivity (Wildman–Crippen MR) is 94.4 cm³/mol. The number of alkyl halides is 3. The van der Waals surface area contributed by atoms with Crippen molar-refractivity contribution in [3.8, 4) is 0 Å². The molecular weight excluding hydrogens is 435 g/mol. The lowest BCUT2D eigenvalue weighted by molar-refractivity contribution is -0.137. The third-order valence-electron chi connectivity index (χ3n) is 4.09. The zero-order chi connectivity index (χ0) is 18.9. The Morgan fingerprint density at radius 1 is 1.04 bits per heavy atom. The zero-order valence-electron chi connectivity index (χ0n) is 13.4. The van der Waals surface area contributed by atoms with E-state index in [1.54, 1.807) is 23.1 Å². The minimum atomic E-state index is -4.44. The molecule has 10 heteroatoms. The van der Waals surface area contributed by atoms with Crippen molar-refractivity contribution in [3.05, 3.63) is 52.6 Å². The van der Waals surface area contributed by atoms with Gasteiger partial charge in [-0.3, -0.25) is 0 Å². The maximum atomic E-state index is 12.8. The van der Waals surface area contributed by atoms with Gasteiger partial charge in [0.15, 0.2) is 0 Å². The topological polar surface area (TPSA) is 53.5 Å². The molecule has 0 amide bonds. The molecule has 5 nitrogen and oxygen atoms in total. The minimum Gasteiger partial charge on any atom is -0.354 e. The molecule has 0 atom stereocenters. The molecule has 140 valence electrons. The smallest absolute Gasteiger partial charge is 0.354 e. The van der Waals surface area contributed by atoms with Crippen molar-refractivity contribution in [2.75, 3.05) is 31.1 Å². The van der Waals surface area contributed by atoms with Crippen LogP contribution in [0.2, 0.25) is 0 Å². The number of nitrogens with zero attached hydrogens (tertiary/aromatic N) is 3. The van der Waals surface area contributed by atoms with Crippen molar-refractivity contribution in [1.29, 1.82) is 0 Å². The van der Waals surface area contributed by atoms with Crippen LogP contribution in [0.5, 0.6) is 0 Å². The Morgan fingerprint density at radius 3 is 2.31 bits per heavy atom. The number of halogens is 4. The van der Waals surface area contributed by atoms with Crippen LogP contribution in [-0.2, 0) is 16.2 Å². The Kier molecular flexibility index (Phi) is 5.27. The monoisotopic (exact) mass is 449 g/mol. The van der Waals surface area contributed by atoms with Crippen LogP contribution in [0.1, 0.15) is 5.56 Å². The summed E-state index contributed by atoms with van der Waals surface area (Å²) in [6, 6.07) is 8.42. The second-order valence-corrected chi connectivity index (χ2v) is 8.48. The second kappa shape index (κ2) is 7.16. The lowest BCUT2D eigenvalue weighted by Crippen LogP contribution is -2.49. The number of benzene rings is 1. The molecule has 0 unspecified atom stereocenters. The van der Waals surface area contributed by atoms with E-state index in [9.17, 15) is 21.6 Å². The fourth-order valence-corrected chi connectivity index (χ4v) is 5.10. The van der Waals surface area contributed by atoms with Gasteiger partial charge in [-0.25, -0.2) is 13.4 Å². The van der Waals surface area contributed by atoms with Crippen LogP contribution in [-0.4, -0.2) is 43.9 Å². The van der Waals surface area contributed by atoms with Crippen LogP contribution in [0.15, 0.2) is 52.0 Å². The molecule has 1 aliphatic rings. The Hall–Kier alpha value is -1.65. The number of piperazine rings is 1. The number of anilines is 1. The van der Waals surface area contributed by atoms with Gasteiger partial charge in [0.1, 0.15) is 5.82 Å². The van der Waals surface area contributed by atoms with Crippen LogP contribution < -0.4 is 4.90 Å². The maximum absolute atomic E-state index is 12.8. The predicted octanol–water partition coefficient (Wildman–Crippen LogP) is 3.37. The maximum Gasteiger partial charge on any atom is 0.416 e. The molecular formula is C16H15BrF3N3O2S. The summed E-state index contributed by atoms with van der Waals surface area (Å²) in [6.07, 6.45) is -3.33. The van der Waals surface area contributed by atoms with E-state index in [1.807, 2.05) is 0 Å². The molecule has 0 bridgehead atoms. The summed E-state index contributed by atoms with van der Waals surface area (Å²) < 4.78 is 65.8. The average molecular weight is 450 g/mol. The first-order valence-corrected chi connectivity index (χ1v) is 9.96. The number of aromatic nitrogens is 1. The quantitative estimate of drug-likeness (QED) is 0.720. The van der Waals surface area contributed by atoms with Crippen LogP contribution in [0.4, 0.5) is 19.0 Å². The van der Waals surface area contributed by atoms with E-state index in [-0.39, 0.29) is 36.9 Å². The summed E-state index contributed by atoms with van der Waals surface area (Å²) in [7, 11) is -3.67. The van der Waals surface area contributed by atoms with Gasteiger partial charge in [-0.2, -0.15) is 17.5 Å². The van der Waals surface area contributed by atoms with Gasteiger partial charge < -0.3 is 4.90 Å². The molecule has 1 aromatic heterocycles. The molecule has 1 aromatic carbocycles. The van der Waals surface area contributed by atoms with E-state index >= 15 is 0 Å². The van der Waals surface area contributed by atoms with Gasteiger partial charge in [0.05, 0.1) is 10.5 Å². The highest BCUT2D eigenvalue weighted by Gasteiger charge is 2.33. The van der Waals surface area contributed by atoms with Gasteiger partial charge in [-0.1, -0.05) is 12.1 Å². The summed E-state index contributed by atoms with van der Waals surface area (Å²) in [4.78, 5) is 5.81. The van der Waals surface area contributed by atoms with Gasteiger partial charge in [0, 0.05) is 36.8 Å². The molecule has 0 radical (unpaired) electrons. The van der Waals surface area contributed by atoms with Crippen molar-refractivity contribution in [3.63, 3.8) is 0 Å².